The zero-order valence-electron chi connectivity index (χ0n) is 9.83. The fourth-order valence-electron chi connectivity index (χ4n) is 1.63. The van der Waals surface area contributed by atoms with Crippen molar-refractivity contribution in [3.63, 3.8) is 0 Å². The molecule has 1 atom stereocenters. The summed E-state index contributed by atoms with van der Waals surface area (Å²) < 4.78 is 0. The Morgan fingerprint density at radius 1 is 1.33 bits per heavy atom. The second-order valence-corrected chi connectivity index (χ2v) is 4.98. The number of nitrogens with zero attached hydrogens (tertiary/aromatic N) is 1. The first-order valence-corrected chi connectivity index (χ1v) is 6.87. The van der Waals surface area contributed by atoms with Gasteiger partial charge in [0.1, 0.15) is 0 Å². The van der Waals surface area contributed by atoms with E-state index in [2.05, 4.69) is 24.1 Å². The summed E-state index contributed by atoms with van der Waals surface area (Å²) in [6.45, 7) is 4.49. The zero-order valence-corrected chi connectivity index (χ0v) is 10.6. The highest BCUT2D eigenvalue weighted by molar-refractivity contribution is 7.13. The maximum atomic E-state index is 4.22. The molecular formula is C12H22N2S. The normalized spacial score (nSPS) is 12.7. The van der Waals surface area contributed by atoms with Gasteiger partial charge in [-0.1, -0.05) is 39.0 Å². The summed E-state index contributed by atoms with van der Waals surface area (Å²) >= 11 is 1.68. The Kier molecular flexibility index (Phi) is 6.41. The van der Waals surface area contributed by atoms with E-state index in [1.165, 1.54) is 38.5 Å². The number of hydrogen-bond acceptors (Lipinski definition) is 3. The van der Waals surface area contributed by atoms with Crippen LogP contribution in [0.1, 0.15) is 52.4 Å². The Morgan fingerprint density at radius 3 is 2.80 bits per heavy atom. The second kappa shape index (κ2) is 7.69. The molecule has 1 unspecified atom stereocenters. The van der Waals surface area contributed by atoms with Crippen LogP contribution in [0.4, 0.5) is 5.13 Å². The lowest BCUT2D eigenvalue weighted by atomic mass is 10.1. The van der Waals surface area contributed by atoms with Gasteiger partial charge in [0.25, 0.3) is 0 Å². The van der Waals surface area contributed by atoms with Crippen molar-refractivity contribution in [3.05, 3.63) is 11.6 Å². The van der Waals surface area contributed by atoms with Crippen LogP contribution in [0.5, 0.6) is 0 Å². The standard InChI is InChI=1S/C12H22N2S/c1-3-4-5-6-7-8-11(2)14-12-13-9-10-15-12/h9-11H,3-8H2,1-2H3,(H,13,14). The first kappa shape index (κ1) is 12.5. The highest BCUT2D eigenvalue weighted by Crippen LogP contribution is 2.14. The van der Waals surface area contributed by atoms with Gasteiger partial charge < -0.3 is 5.32 Å². The minimum atomic E-state index is 0.553. The minimum absolute atomic E-state index is 0.553. The van der Waals surface area contributed by atoms with Crippen LogP contribution in [0.3, 0.4) is 0 Å². The van der Waals surface area contributed by atoms with E-state index in [1.54, 1.807) is 11.3 Å². The number of hydrogen-bond donors (Lipinski definition) is 1. The van der Waals surface area contributed by atoms with E-state index in [0.29, 0.717) is 6.04 Å². The summed E-state index contributed by atoms with van der Waals surface area (Å²) in [7, 11) is 0. The van der Waals surface area contributed by atoms with E-state index >= 15 is 0 Å². The molecule has 0 aliphatic carbocycles. The monoisotopic (exact) mass is 226 g/mol. The molecule has 0 spiro atoms. The van der Waals surface area contributed by atoms with Crippen LogP contribution in [0.2, 0.25) is 0 Å². The summed E-state index contributed by atoms with van der Waals surface area (Å²) in [5, 5.41) is 6.48. The lowest BCUT2D eigenvalue weighted by molar-refractivity contribution is 0.578. The Balaban J connectivity index is 2.01. The fourth-order valence-corrected chi connectivity index (χ4v) is 2.27. The third-order valence-corrected chi connectivity index (χ3v) is 3.25. The van der Waals surface area contributed by atoms with E-state index < -0.39 is 0 Å². The molecular weight excluding hydrogens is 204 g/mol. The molecule has 1 aromatic heterocycles. The van der Waals surface area contributed by atoms with Gasteiger partial charge in [-0.05, 0) is 13.3 Å². The Bertz CT molecular complexity index is 234. The molecule has 0 radical (unpaired) electrons. The molecule has 1 N–H and O–H groups in total. The first-order chi connectivity index (χ1) is 7.33. The molecule has 3 heteroatoms. The molecule has 0 aliphatic heterocycles. The van der Waals surface area contributed by atoms with Crippen molar-refractivity contribution in [2.45, 2.75) is 58.4 Å². The first-order valence-electron chi connectivity index (χ1n) is 5.99. The van der Waals surface area contributed by atoms with Crippen LogP contribution in [0, 0.1) is 0 Å². The number of anilines is 1. The number of aromatic nitrogens is 1. The Labute approximate surface area is 97.1 Å². The van der Waals surface area contributed by atoms with Gasteiger partial charge in [0.15, 0.2) is 5.13 Å². The highest BCUT2D eigenvalue weighted by Gasteiger charge is 2.02. The number of rotatable bonds is 8. The van der Waals surface area contributed by atoms with Gasteiger partial charge in [0.05, 0.1) is 0 Å². The van der Waals surface area contributed by atoms with Gasteiger partial charge in [-0.2, -0.15) is 0 Å². The van der Waals surface area contributed by atoms with Crippen LogP contribution in [0.25, 0.3) is 0 Å². The third-order valence-electron chi connectivity index (χ3n) is 2.54. The summed E-state index contributed by atoms with van der Waals surface area (Å²) in [4.78, 5) is 4.22. The molecule has 0 saturated heterocycles. The van der Waals surface area contributed by atoms with E-state index in [0.717, 1.165) is 5.13 Å². The van der Waals surface area contributed by atoms with E-state index in [-0.39, 0.29) is 0 Å². The summed E-state index contributed by atoms with van der Waals surface area (Å²) in [6.07, 6.45) is 9.91. The molecule has 0 saturated carbocycles. The van der Waals surface area contributed by atoms with Gasteiger partial charge in [0.2, 0.25) is 0 Å². The van der Waals surface area contributed by atoms with Crippen molar-refractivity contribution in [1.29, 1.82) is 0 Å². The van der Waals surface area contributed by atoms with Gasteiger partial charge in [-0.15, -0.1) is 11.3 Å². The molecule has 0 amide bonds. The van der Waals surface area contributed by atoms with E-state index in [9.17, 15) is 0 Å². The maximum absolute atomic E-state index is 4.22. The predicted octanol–water partition coefficient (Wildman–Crippen LogP) is 4.30. The summed E-state index contributed by atoms with van der Waals surface area (Å²) in [5.41, 5.74) is 0. The van der Waals surface area contributed by atoms with Gasteiger partial charge in [-0.25, -0.2) is 4.98 Å². The average Bonchev–Trinajstić information content (AvgIpc) is 2.70. The third kappa shape index (κ3) is 5.78. The molecule has 0 aliphatic rings. The van der Waals surface area contributed by atoms with Crippen LogP contribution < -0.4 is 5.32 Å². The molecule has 1 heterocycles. The SMILES string of the molecule is CCCCCCCC(C)Nc1nccs1. The average molecular weight is 226 g/mol. The van der Waals surface area contributed by atoms with Crippen LogP contribution in [-0.4, -0.2) is 11.0 Å². The van der Waals surface area contributed by atoms with Crippen molar-refractivity contribution in [1.82, 2.24) is 4.98 Å². The quantitative estimate of drug-likeness (QED) is 0.668. The summed E-state index contributed by atoms with van der Waals surface area (Å²) in [5.74, 6) is 0. The molecule has 86 valence electrons. The zero-order chi connectivity index (χ0) is 10.9. The van der Waals surface area contributed by atoms with Crippen molar-refractivity contribution in [3.8, 4) is 0 Å². The molecule has 0 fully saturated rings. The summed E-state index contributed by atoms with van der Waals surface area (Å²) in [6, 6.07) is 0.553. The molecule has 2 nitrogen and oxygen atoms in total. The topological polar surface area (TPSA) is 24.9 Å². The fraction of sp³-hybridized carbons (Fsp3) is 0.750. The molecule has 1 rings (SSSR count). The minimum Gasteiger partial charge on any atom is -0.359 e. The largest absolute Gasteiger partial charge is 0.359 e. The van der Waals surface area contributed by atoms with Crippen molar-refractivity contribution < 1.29 is 0 Å². The molecule has 0 aromatic carbocycles. The van der Waals surface area contributed by atoms with Crippen LogP contribution in [0.15, 0.2) is 11.6 Å². The van der Waals surface area contributed by atoms with Gasteiger partial charge >= 0.3 is 0 Å². The van der Waals surface area contributed by atoms with Gasteiger partial charge in [0, 0.05) is 17.6 Å². The second-order valence-electron chi connectivity index (χ2n) is 4.09. The van der Waals surface area contributed by atoms with E-state index in [4.69, 9.17) is 0 Å². The number of thiazole rings is 1. The number of unbranched alkanes of at least 4 members (excludes halogenated alkanes) is 4. The Hall–Kier alpha value is -0.570. The van der Waals surface area contributed by atoms with Crippen molar-refractivity contribution in [2.75, 3.05) is 5.32 Å². The molecule has 15 heavy (non-hydrogen) atoms. The van der Waals surface area contributed by atoms with Crippen LogP contribution >= 0.6 is 11.3 Å². The lowest BCUT2D eigenvalue weighted by Gasteiger charge is -2.12. The van der Waals surface area contributed by atoms with Gasteiger partial charge in [-0.3, -0.25) is 0 Å². The lowest BCUT2D eigenvalue weighted by Crippen LogP contribution is -2.14. The molecule has 1 aromatic rings. The van der Waals surface area contributed by atoms with Crippen molar-refractivity contribution >= 4 is 16.5 Å². The highest BCUT2D eigenvalue weighted by atomic mass is 32.1. The maximum Gasteiger partial charge on any atom is 0.182 e. The Morgan fingerprint density at radius 2 is 2.13 bits per heavy atom. The number of nitrogens with one attached hydrogen (secondary N) is 1. The van der Waals surface area contributed by atoms with Crippen molar-refractivity contribution in [2.24, 2.45) is 0 Å². The van der Waals surface area contributed by atoms with E-state index in [1.807, 2.05) is 11.6 Å². The predicted molar refractivity (Wildman–Crippen MR) is 68.6 cm³/mol. The smallest absolute Gasteiger partial charge is 0.182 e. The molecule has 0 bridgehead atoms. The van der Waals surface area contributed by atoms with Crippen LogP contribution in [-0.2, 0) is 0 Å².